The predicted octanol–water partition coefficient (Wildman–Crippen LogP) is 3.34. The van der Waals surface area contributed by atoms with Gasteiger partial charge in [-0.05, 0) is 19.8 Å². The Morgan fingerprint density at radius 3 is 3.00 bits per heavy atom. The highest BCUT2D eigenvalue weighted by Crippen LogP contribution is 2.37. The molecule has 1 fully saturated rings. The van der Waals surface area contributed by atoms with Crippen molar-refractivity contribution in [3.05, 3.63) is 21.9 Å². The highest BCUT2D eigenvalue weighted by molar-refractivity contribution is 7.15. The molecule has 2 heterocycles. The predicted molar refractivity (Wildman–Crippen MR) is 72.0 cm³/mol. The number of thiazole rings is 1. The van der Waals surface area contributed by atoms with Gasteiger partial charge < -0.3 is 5.73 Å². The largest absolute Gasteiger partial charge is 0.327 e. The van der Waals surface area contributed by atoms with Crippen LogP contribution in [0.5, 0.6) is 0 Å². The maximum Gasteiger partial charge on any atom is 0.195 e. The zero-order valence-electron chi connectivity index (χ0n) is 9.82. The minimum Gasteiger partial charge on any atom is -0.327 e. The van der Waals surface area contributed by atoms with E-state index < -0.39 is 0 Å². The van der Waals surface area contributed by atoms with Crippen LogP contribution in [-0.4, -0.2) is 15.4 Å². The smallest absolute Gasteiger partial charge is 0.195 e. The molecule has 5 heteroatoms. The van der Waals surface area contributed by atoms with Crippen molar-refractivity contribution in [2.24, 2.45) is 5.73 Å². The number of hydrogen-bond donors (Lipinski definition) is 1. The molecule has 2 unspecified atom stereocenters. The van der Waals surface area contributed by atoms with Crippen LogP contribution in [-0.2, 0) is 0 Å². The van der Waals surface area contributed by atoms with Crippen molar-refractivity contribution in [1.29, 1.82) is 0 Å². The summed E-state index contributed by atoms with van der Waals surface area (Å²) in [7, 11) is 0. The molecule has 3 nitrogen and oxygen atoms in total. The maximum atomic E-state index is 6.30. The second-order valence-corrected chi connectivity index (χ2v) is 6.03. The lowest BCUT2D eigenvalue weighted by atomic mass is 9.83. The van der Waals surface area contributed by atoms with Gasteiger partial charge in [-0.2, -0.15) is 0 Å². The van der Waals surface area contributed by atoms with Crippen molar-refractivity contribution in [3.63, 3.8) is 0 Å². The van der Waals surface area contributed by atoms with Gasteiger partial charge in [0.1, 0.15) is 0 Å². The molecule has 3 rings (SSSR count). The SMILES string of the molecule is Cc1csc2nc(Cl)c(C3CCCCC3N)n12. The lowest BCUT2D eigenvalue weighted by Crippen LogP contribution is -2.32. The molecule has 2 N–H and O–H groups in total. The van der Waals surface area contributed by atoms with Gasteiger partial charge in [-0.15, -0.1) is 11.3 Å². The number of fused-ring (bicyclic) bond motifs is 1. The van der Waals surface area contributed by atoms with Gasteiger partial charge in [0, 0.05) is 23.0 Å². The topological polar surface area (TPSA) is 43.3 Å². The quantitative estimate of drug-likeness (QED) is 0.863. The molecule has 0 bridgehead atoms. The van der Waals surface area contributed by atoms with E-state index in [4.69, 9.17) is 17.3 Å². The standard InChI is InChI=1S/C12H16ClN3S/c1-7-6-17-12-15-11(13)10(16(7)12)8-4-2-3-5-9(8)14/h6,8-9H,2-5,14H2,1H3. The zero-order chi connectivity index (χ0) is 12.0. The van der Waals surface area contributed by atoms with Crippen LogP contribution < -0.4 is 5.73 Å². The van der Waals surface area contributed by atoms with E-state index in [2.05, 4.69) is 21.7 Å². The van der Waals surface area contributed by atoms with Crippen molar-refractivity contribution in [2.45, 2.75) is 44.6 Å². The molecule has 0 spiro atoms. The fourth-order valence-corrected chi connectivity index (χ4v) is 4.04. The van der Waals surface area contributed by atoms with Gasteiger partial charge in [-0.25, -0.2) is 4.98 Å². The van der Waals surface area contributed by atoms with E-state index in [1.165, 1.54) is 18.5 Å². The first-order valence-electron chi connectivity index (χ1n) is 6.06. The van der Waals surface area contributed by atoms with Gasteiger partial charge in [0.15, 0.2) is 10.1 Å². The summed E-state index contributed by atoms with van der Waals surface area (Å²) in [5.41, 5.74) is 8.59. The molecule has 2 atom stereocenters. The second kappa shape index (κ2) is 4.26. The number of rotatable bonds is 1. The fourth-order valence-electron chi connectivity index (χ4n) is 2.81. The highest BCUT2D eigenvalue weighted by Gasteiger charge is 2.29. The van der Waals surface area contributed by atoms with Crippen molar-refractivity contribution in [1.82, 2.24) is 9.38 Å². The van der Waals surface area contributed by atoms with Crippen LogP contribution in [0.1, 0.15) is 43.0 Å². The monoisotopic (exact) mass is 269 g/mol. The Balaban J connectivity index is 2.14. The summed E-state index contributed by atoms with van der Waals surface area (Å²) in [4.78, 5) is 5.42. The average Bonchev–Trinajstić information content (AvgIpc) is 2.80. The third-order valence-electron chi connectivity index (χ3n) is 3.70. The Bertz CT molecular complexity index is 545. The maximum absolute atomic E-state index is 6.30. The summed E-state index contributed by atoms with van der Waals surface area (Å²) in [5.74, 6) is 0.361. The van der Waals surface area contributed by atoms with E-state index >= 15 is 0 Å². The van der Waals surface area contributed by atoms with Gasteiger partial charge >= 0.3 is 0 Å². The number of halogens is 1. The van der Waals surface area contributed by atoms with Crippen molar-refractivity contribution < 1.29 is 0 Å². The van der Waals surface area contributed by atoms with Crippen LogP contribution in [0.3, 0.4) is 0 Å². The summed E-state index contributed by atoms with van der Waals surface area (Å²) in [5, 5.41) is 2.76. The van der Waals surface area contributed by atoms with E-state index in [1.54, 1.807) is 11.3 Å². The molecular weight excluding hydrogens is 254 g/mol. The Labute approximate surface area is 110 Å². The van der Waals surface area contributed by atoms with Gasteiger partial charge in [0.2, 0.25) is 0 Å². The van der Waals surface area contributed by atoms with E-state index in [-0.39, 0.29) is 6.04 Å². The van der Waals surface area contributed by atoms with E-state index in [1.807, 2.05) is 0 Å². The fraction of sp³-hybridized carbons (Fsp3) is 0.583. The van der Waals surface area contributed by atoms with Crippen molar-refractivity contribution >= 4 is 27.9 Å². The summed E-state index contributed by atoms with van der Waals surface area (Å²) < 4.78 is 2.18. The third kappa shape index (κ3) is 1.79. The summed E-state index contributed by atoms with van der Waals surface area (Å²) in [6, 6.07) is 0.223. The molecule has 92 valence electrons. The lowest BCUT2D eigenvalue weighted by molar-refractivity contribution is 0.378. The van der Waals surface area contributed by atoms with E-state index in [0.29, 0.717) is 11.1 Å². The van der Waals surface area contributed by atoms with Gasteiger partial charge in [0.25, 0.3) is 0 Å². The molecule has 2 aromatic rings. The molecule has 0 aliphatic heterocycles. The number of imidazole rings is 1. The van der Waals surface area contributed by atoms with Crippen LogP contribution in [0, 0.1) is 6.92 Å². The molecule has 1 saturated carbocycles. The number of aryl methyl sites for hydroxylation is 1. The molecule has 1 aliphatic rings. The van der Waals surface area contributed by atoms with Gasteiger partial charge in [-0.1, -0.05) is 24.4 Å². The minimum absolute atomic E-state index is 0.223. The first kappa shape index (κ1) is 11.5. The lowest BCUT2D eigenvalue weighted by Gasteiger charge is -2.28. The van der Waals surface area contributed by atoms with E-state index in [9.17, 15) is 0 Å². The third-order valence-corrected chi connectivity index (χ3v) is 4.92. The summed E-state index contributed by atoms with van der Waals surface area (Å²) in [6.07, 6.45) is 4.70. The molecular formula is C12H16ClN3S. The first-order valence-corrected chi connectivity index (χ1v) is 7.31. The number of hydrogen-bond acceptors (Lipinski definition) is 3. The summed E-state index contributed by atoms with van der Waals surface area (Å²) in [6.45, 7) is 2.10. The van der Waals surface area contributed by atoms with Gasteiger partial charge in [-0.3, -0.25) is 4.40 Å². The van der Waals surface area contributed by atoms with Crippen LogP contribution in [0.4, 0.5) is 0 Å². The molecule has 0 saturated heterocycles. The van der Waals surface area contributed by atoms with Crippen LogP contribution in [0.25, 0.3) is 4.96 Å². The first-order chi connectivity index (χ1) is 8.18. The molecule has 1 aliphatic carbocycles. The normalized spacial score (nSPS) is 25.6. The molecule has 17 heavy (non-hydrogen) atoms. The molecule has 0 radical (unpaired) electrons. The second-order valence-electron chi connectivity index (χ2n) is 4.84. The molecule has 2 aromatic heterocycles. The Kier molecular flexibility index (Phi) is 2.89. The zero-order valence-corrected chi connectivity index (χ0v) is 11.4. The minimum atomic E-state index is 0.223. The number of nitrogens with zero attached hydrogens (tertiary/aromatic N) is 2. The average molecular weight is 270 g/mol. The van der Waals surface area contributed by atoms with Crippen molar-refractivity contribution in [2.75, 3.05) is 0 Å². The summed E-state index contributed by atoms with van der Waals surface area (Å²) >= 11 is 7.94. The van der Waals surface area contributed by atoms with Crippen LogP contribution in [0.15, 0.2) is 5.38 Å². The number of aromatic nitrogens is 2. The Hall–Kier alpha value is -0.580. The highest BCUT2D eigenvalue weighted by atomic mass is 35.5. The molecule has 0 amide bonds. The van der Waals surface area contributed by atoms with Gasteiger partial charge in [0.05, 0.1) is 5.69 Å². The van der Waals surface area contributed by atoms with Crippen LogP contribution >= 0.6 is 22.9 Å². The van der Waals surface area contributed by atoms with Crippen LogP contribution in [0.2, 0.25) is 5.15 Å². The Morgan fingerprint density at radius 2 is 2.24 bits per heavy atom. The van der Waals surface area contributed by atoms with E-state index in [0.717, 1.165) is 23.5 Å². The molecule has 0 aromatic carbocycles. The number of nitrogens with two attached hydrogens (primary N) is 1. The van der Waals surface area contributed by atoms with Crippen molar-refractivity contribution in [3.8, 4) is 0 Å². The Morgan fingerprint density at radius 1 is 1.47 bits per heavy atom.